The zero-order valence-corrected chi connectivity index (χ0v) is 13.7. The first-order chi connectivity index (χ1) is 11.5. The topological polar surface area (TPSA) is 69.7 Å². The van der Waals surface area contributed by atoms with Crippen LogP contribution in [0.25, 0.3) is 0 Å². The normalized spacial score (nSPS) is 21.0. The van der Waals surface area contributed by atoms with Crippen LogP contribution < -0.4 is 5.32 Å². The van der Waals surface area contributed by atoms with Gasteiger partial charge in [0.25, 0.3) is 5.91 Å². The van der Waals surface area contributed by atoms with Crippen LogP contribution in [-0.2, 0) is 9.59 Å². The fourth-order valence-corrected chi connectivity index (χ4v) is 3.56. The second-order valence-corrected chi connectivity index (χ2v) is 7.38. The van der Waals surface area contributed by atoms with Gasteiger partial charge in [0.15, 0.2) is 0 Å². The fourth-order valence-electron chi connectivity index (χ4n) is 3.56. The molecule has 1 spiro atoms. The molecule has 1 saturated carbocycles. The van der Waals surface area contributed by atoms with Crippen LogP contribution in [0.4, 0.5) is 5.69 Å². The summed E-state index contributed by atoms with van der Waals surface area (Å²) < 4.78 is 0. The Hall–Kier alpha value is -2.37. The minimum atomic E-state index is 0.0157. The molecule has 1 aromatic carbocycles. The first-order valence-corrected chi connectivity index (χ1v) is 8.42. The van der Waals surface area contributed by atoms with Crippen LogP contribution in [0.3, 0.4) is 0 Å². The third-order valence-electron chi connectivity index (χ3n) is 5.19. The Morgan fingerprint density at radius 3 is 2.12 bits per heavy atom. The maximum Gasteiger partial charge on any atom is 0.253 e. The Balaban J connectivity index is 1.31. The standard InChI is InChI=1S/C18H21N3O3/c1-12(22)20-8-18(9-20)10-21(11-18)17(24)14-4-6-15(7-5-14)19-16(23)13-2-3-13/h4-7,13H,2-3,8-11H2,1H3,(H,19,23). The zero-order valence-electron chi connectivity index (χ0n) is 13.7. The molecule has 0 atom stereocenters. The van der Waals surface area contributed by atoms with Crippen molar-refractivity contribution in [2.75, 3.05) is 31.5 Å². The lowest BCUT2D eigenvalue weighted by Gasteiger charge is -2.60. The summed E-state index contributed by atoms with van der Waals surface area (Å²) in [5.74, 6) is 0.357. The summed E-state index contributed by atoms with van der Waals surface area (Å²) in [6.45, 7) is 4.54. The highest BCUT2D eigenvalue weighted by molar-refractivity contribution is 5.97. The summed E-state index contributed by atoms with van der Waals surface area (Å²) >= 11 is 0. The molecule has 2 heterocycles. The number of nitrogens with zero attached hydrogens (tertiary/aromatic N) is 2. The maximum atomic E-state index is 12.5. The van der Waals surface area contributed by atoms with Crippen molar-refractivity contribution in [2.24, 2.45) is 11.3 Å². The largest absolute Gasteiger partial charge is 0.341 e. The van der Waals surface area contributed by atoms with Crippen molar-refractivity contribution in [1.82, 2.24) is 9.80 Å². The summed E-state index contributed by atoms with van der Waals surface area (Å²) in [7, 11) is 0. The second kappa shape index (κ2) is 5.33. The van der Waals surface area contributed by atoms with Gasteiger partial charge in [-0.05, 0) is 37.1 Å². The summed E-state index contributed by atoms with van der Waals surface area (Å²) in [6, 6.07) is 7.09. The van der Waals surface area contributed by atoms with Crippen LogP contribution in [0, 0.1) is 11.3 Å². The molecule has 6 nitrogen and oxygen atoms in total. The molecule has 1 N–H and O–H groups in total. The van der Waals surface area contributed by atoms with E-state index in [1.54, 1.807) is 31.2 Å². The number of benzene rings is 1. The molecule has 3 amide bonds. The quantitative estimate of drug-likeness (QED) is 0.911. The van der Waals surface area contributed by atoms with E-state index in [0.717, 1.165) is 44.7 Å². The predicted octanol–water partition coefficient (Wildman–Crippen LogP) is 1.34. The summed E-state index contributed by atoms with van der Waals surface area (Å²) in [6.07, 6.45) is 1.94. The number of hydrogen-bond acceptors (Lipinski definition) is 3. The van der Waals surface area contributed by atoms with Gasteiger partial charge in [-0.2, -0.15) is 0 Å². The van der Waals surface area contributed by atoms with E-state index < -0.39 is 0 Å². The molecule has 1 aromatic rings. The summed E-state index contributed by atoms with van der Waals surface area (Å²) in [4.78, 5) is 39.1. The van der Waals surface area contributed by atoms with Gasteiger partial charge in [-0.15, -0.1) is 0 Å². The molecule has 24 heavy (non-hydrogen) atoms. The van der Waals surface area contributed by atoms with Gasteiger partial charge in [0, 0.05) is 55.7 Å². The molecule has 2 saturated heterocycles. The summed E-state index contributed by atoms with van der Waals surface area (Å²) in [5.41, 5.74) is 1.50. The van der Waals surface area contributed by atoms with E-state index in [4.69, 9.17) is 0 Å². The van der Waals surface area contributed by atoms with Crippen molar-refractivity contribution < 1.29 is 14.4 Å². The minimum absolute atomic E-state index is 0.0157. The number of carbonyl (C=O) groups is 3. The monoisotopic (exact) mass is 327 g/mol. The molecule has 0 bridgehead atoms. The molecular formula is C18H21N3O3. The minimum Gasteiger partial charge on any atom is -0.341 e. The van der Waals surface area contributed by atoms with Crippen molar-refractivity contribution in [1.29, 1.82) is 0 Å². The third kappa shape index (κ3) is 2.66. The second-order valence-electron chi connectivity index (χ2n) is 7.38. The number of anilines is 1. The Bertz CT molecular complexity index is 695. The van der Waals surface area contributed by atoms with E-state index >= 15 is 0 Å². The van der Waals surface area contributed by atoms with Gasteiger partial charge in [-0.25, -0.2) is 0 Å². The van der Waals surface area contributed by atoms with E-state index in [-0.39, 0.29) is 29.1 Å². The van der Waals surface area contributed by atoms with E-state index in [1.807, 2.05) is 9.80 Å². The highest BCUT2D eigenvalue weighted by Gasteiger charge is 2.53. The van der Waals surface area contributed by atoms with Gasteiger partial charge in [0.1, 0.15) is 0 Å². The lowest BCUT2D eigenvalue weighted by Crippen LogP contribution is -2.73. The highest BCUT2D eigenvalue weighted by atomic mass is 16.2. The number of likely N-dealkylation sites (tertiary alicyclic amines) is 2. The van der Waals surface area contributed by atoms with Gasteiger partial charge in [0.2, 0.25) is 11.8 Å². The van der Waals surface area contributed by atoms with Crippen molar-refractivity contribution in [3.8, 4) is 0 Å². The Kier molecular flexibility index (Phi) is 3.37. The highest BCUT2D eigenvalue weighted by Crippen LogP contribution is 2.40. The van der Waals surface area contributed by atoms with E-state index in [2.05, 4.69) is 5.32 Å². The molecule has 4 rings (SSSR count). The van der Waals surface area contributed by atoms with Gasteiger partial charge in [-0.1, -0.05) is 0 Å². The molecule has 0 aromatic heterocycles. The van der Waals surface area contributed by atoms with Crippen molar-refractivity contribution in [3.63, 3.8) is 0 Å². The van der Waals surface area contributed by atoms with E-state index in [1.165, 1.54) is 0 Å². The number of hydrogen-bond donors (Lipinski definition) is 1. The molecule has 3 aliphatic rings. The van der Waals surface area contributed by atoms with E-state index in [9.17, 15) is 14.4 Å². The molecule has 3 fully saturated rings. The van der Waals surface area contributed by atoms with Crippen LogP contribution >= 0.6 is 0 Å². The van der Waals surface area contributed by atoms with Crippen LogP contribution in [0.2, 0.25) is 0 Å². The number of rotatable bonds is 3. The molecular weight excluding hydrogens is 306 g/mol. The molecule has 126 valence electrons. The average Bonchev–Trinajstić information content (AvgIpc) is 3.29. The van der Waals surface area contributed by atoms with Crippen LogP contribution in [0.5, 0.6) is 0 Å². The molecule has 0 unspecified atom stereocenters. The predicted molar refractivity (Wildman–Crippen MR) is 88.4 cm³/mol. The van der Waals surface area contributed by atoms with E-state index in [0.29, 0.717) is 5.56 Å². The molecule has 2 aliphatic heterocycles. The lowest BCUT2D eigenvalue weighted by atomic mass is 9.72. The summed E-state index contributed by atoms with van der Waals surface area (Å²) in [5, 5.41) is 2.87. The van der Waals surface area contributed by atoms with Gasteiger partial charge < -0.3 is 15.1 Å². The van der Waals surface area contributed by atoms with Gasteiger partial charge in [-0.3, -0.25) is 14.4 Å². The zero-order chi connectivity index (χ0) is 16.9. The SMILES string of the molecule is CC(=O)N1CC2(C1)CN(C(=O)c1ccc(NC(=O)C3CC3)cc1)C2. The Morgan fingerprint density at radius 2 is 1.58 bits per heavy atom. The smallest absolute Gasteiger partial charge is 0.253 e. The maximum absolute atomic E-state index is 12.5. The average molecular weight is 327 g/mol. The first-order valence-electron chi connectivity index (χ1n) is 8.42. The lowest BCUT2D eigenvalue weighted by molar-refractivity contribution is -0.152. The van der Waals surface area contributed by atoms with Crippen LogP contribution in [-0.4, -0.2) is 53.7 Å². The van der Waals surface area contributed by atoms with Crippen LogP contribution in [0.1, 0.15) is 30.1 Å². The van der Waals surface area contributed by atoms with Crippen molar-refractivity contribution >= 4 is 23.4 Å². The van der Waals surface area contributed by atoms with Gasteiger partial charge in [0.05, 0.1) is 0 Å². The van der Waals surface area contributed by atoms with Crippen molar-refractivity contribution in [2.45, 2.75) is 19.8 Å². The van der Waals surface area contributed by atoms with Crippen LogP contribution in [0.15, 0.2) is 24.3 Å². The molecule has 6 heteroatoms. The van der Waals surface area contributed by atoms with Crippen molar-refractivity contribution in [3.05, 3.63) is 29.8 Å². The molecule has 0 radical (unpaired) electrons. The number of amides is 3. The molecule has 1 aliphatic carbocycles. The third-order valence-corrected chi connectivity index (χ3v) is 5.19. The Labute approximate surface area is 140 Å². The van der Waals surface area contributed by atoms with Gasteiger partial charge >= 0.3 is 0 Å². The fraction of sp³-hybridized carbons (Fsp3) is 0.500. The number of carbonyl (C=O) groups excluding carboxylic acids is 3. The number of nitrogens with one attached hydrogen (secondary N) is 1. The first kappa shape index (κ1) is 15.2. The Morgan fingerprint density at radius 1 is 1.00 bits per heavy atom.